The average molecular weight is 205 g/mol. The first-order valence-corrected chi connectivity index (χ1v) is 4.88. The number of aryl methyl sites for hydroxylation is 1. The van der Waals surface area contributed by atoms with Crippen molar-refractivity contribution in [2.24, 2.45) is 4.99 Å². The third-order valence-corrected chi connectivity index (χ3v) is 2.31. The number of rotatable bonds is 5. The molecular weight excluding hydrogens is 190 g/mol. The number of isocyanates is 1. The molecule has 0 spiro atoms. The number of benzene rings is 1. The van der Waals surface area contributed by atoms with E-state index in [1.165, 1.54) is 11.1 Å². The minimum absolute atomic E-state index is 0.131. The molecule has 1 rings (SSSR count). The van der Waals surface area contributed by atoms with Gasteiger partial charge in [0, 0.05) is 7.11 Å². The number of hydrogen-bond acceptors (Lipinski definition) is 3. The Labute approximate surface area is 89.8 Å². The van der Waals surface area contributed by atoms with E-state index in [0.29, 0.717) is 6.61 Å². The zero-order valence-corrected chi connectivity index (χ0v) is 9.06. The summed E-state index contributed by atoms with van der Waals surface area (Å²) >= 11 is 0. The lowest BCUT2D eigenvalue weighted by Gasteiger charge is -2.11. The van der Waals surface area contributed by atoms with E-state index in [1.54, 1.807) is 13.2 Å². The molecule has 0 saturated heterocycles. The topological polar surface area (TPSA) is 38.7 Å². The second-order valence-corrected chi connectivity index (χ2v) is 3.46. The monoisotopic (exact) mass is 205 g/mol. The first-order chi connectivity index (χ1) is 7.27. The Kier molecular flexibility index (Phi) is 4.75. The van der Waals surface area contributed by atoms with Gasteiger partial charge in [-0.15, -0.1) is 0 Å². The summed E-state index contributed by atoms with van der Waals surface area (Å²) in [6.45, 7) is 2.49. The van der Waals surface area contributed by atoms with Crippen LogP contribution in [0, 0.1) is 6.92 Å². The van der Waals surface area contributed by atoms with Gasteiger partial charge < -0.3 is 4.74 Å². The van der Waals surface area contributed by atoms with Crippen LogP contribution in [-0.4, -0.2) is 25.8 Å². The van der Waals surface area contributed by atoms with Gasteiger partial charge in [-0.1, -0.05) is 24.3 Å². The van der Waals surface area contributed by atoms with Gasteiger partial charge in [-0.25, -0.2) is 4.79 Å². The summed E-state index contributed by atoms with van der Waals surface area (Å²) in [6, 6.07) is 7.93. The highest BCUT2D eigenvalue weighted by atomic mass is 16.5. The van der Waals surface area contributed by atoms with Gasteiger partial charge in [0.2, 0.25) is 6.08 Å². The fourth-order valence-corrected chi connectivity index (χ4v) is 1.50. The summed E-state index contributed by atoms with van der Waals surface area (Å²) < 4.78 is 5.00. The van der Waals surface area contributed by atoms with E-state index < -0.39 is 0 Å². The standard InChI is InChI=1S/C12H15NO2/c1-10-5-3-4-6-11(10)7-12(8-15-2)13-9-14/h3-6,12H,7-8H2,1-2H3. The maximum atomic E-state index is 10.2. The molecule has 0 fully saturated rings. The van der Waals surface area contributed by atoms with Crippen molar-refractivity contribution in [3.05, 3.63) is 35.4 Å². The van der Waals surface area contributed by atoms with Crippen LogP contribution in [-0.2, 0) is 16.0 Å². The van der Waals surface area contributed by atoms with E-state index in [2.05, 4.69) is 4.99 Å². The minimum Gasteiger partial charge on any atom is -0.382 e. The normalized spacial score (nSPS) is 11.9. The van der Waals surface area contributed by atoms with Crippen LogP contribution in [0.15, 0.2) is 29.3 Å². The summed E-state index contributed by atoms with van der Waals surface area (Å²) in [4.78, 5) is 13.9. The summed E-state index contributed by atoms with van der Waals surface area (Å²) in [6.07, 6.45) is 2.31. The zero-order valence-electron chi connectivity index (χ0n) is 9.06. The zero-order chi connectivity index (χ0) is 11.1. The van der Waals surface area contributed by atoms with Crippen LogP contribution in [0.5, 0.6) is 0 Å². The lowest BCUT2D eigenvalue weighted by Crippen LogP contribution is -2.15. The molecule has 0 bridgehead atoms. The molecule has 0 radical (unpaired) electrons. The quantitative estimate of drug-likeness (QED) is 0.544. The van der Waals surface area contributed by atoms with E-state index in [1.807, 2.05) is 31.2 Å². The summed E-state index contributed by atoms with van der Waals surface area (Å²) in [5.74, 6) is 0. The number of hydrogen-bond donors (Lipinski definition) is 0. The number of aliphatic imine (C=N–C) groups is 1. The maximum absolute atomic E-state index is 10.2. The molecule has 0 aliphatic carbocycles. The van der Waals surface area contributed by atoms with Gasteiger partial charge in [0.25, 0.3) is 0 Å². The second-order valence-electron chi connectivity index (χ2n) is 3.46. The van der Waals surface area contributed by atoms with Crippen LogP contribution >= 0.6 is 0 Å². The minimum atomic E-state index is -0.131. The van der Waals surface area contributed by atoms with Crippen LogP contribution in [0.3, 0.4) is 0 Å². The first-order valence-electron chi connectivity index (χ1n) is 4.88. The van der Waals surface area contributed by atoms with Crippen LogP contribution < -0.4 is 0 Å². The number of carbonyl (C=O) groups excluding carboxylic acids is 1. The molecule has 3 heteroatoms. The van der Waals surface area contributed by atoms with Gasteiger partial charge in [-0.3, -0.25) is 0 Å². The second kappa shape index (κ2) is 6.12. The van der Waals surface area contributed by atoms with Crippen LogP contribution in [0.4, 0.5) is 0 Å². The Morgan fingerprint density at radius 3 is 2.80 bits per heavy atom. The highest BCUT2D eigenvalue weighted by molar-refractivity contribution is 5.34. The maximum Gasteiger partial charge on any atom is 0.235 e. The third-order valence-electron chi connectivity index (χ3n) is 2.31. The fraction of sp³-hybridized carbons (Fsp3) is 0.417. The van der Waals surface area contributed by atoms with Gasteiger partial charge in [0.15, 0.2) is 0 Å². The predicted octanol–water partition coefficient (Wildman–Crippen LogP) is 1.89. The molecule has 0 heterocycles. The van der Waals surface area contributed by atoms with E-state index in [-0.39, 0.29) is 6.04 Å². The molecule has 0 saturated carbocycles. The third kappa shape index (κ3) is 3.66. The molecule has 0 N–H and O–H groups in total. The van der Waals surface area contributed by atoms with Crippen molar-refractivity contribution in [3.8, 4) is 0 Å². The highest BCUT2D eigenvalue weighted by Crippen LogP contribution is 2.11. The molecule has 1 aromatic carbocycles. The van der Waals surface area contributed by atoms with Crippen molar-refractivity contribution >= 4 is 6.08 Å². The van der Waals surface area contributed by atoms with E-state index >= 15 is 0 Å². The summed E-state index contributed by atoms with van der Waals surface area (Å²) in [5, 5.41) is 0. The van der Waals surface area contributed by atoms with E-state index in [0.717, 1.165) is 6.42 Å². The summed E-state index contributed by atoms with van der Waals surface area (Å²) in [5.41, 5.74) is 2.40. The fourth-order valence-electron chi connectivity index (χ4n) is 1.50. The van der Waals surface area contributed by atoms with Crippen molar-refractivity contribution < 1.29 is 9.53 Å². The van der Waals surface area contributed by atoms with Crippen molar-refractivity contribution in [1.29, 1.82) is 0 Å². The molecule has 0 aliphatic heterocycles. The van der Waals surface area contributed by atoms with E-state index in [9.17, 15) is 4.79 Å². The highest BCUT2D eigenvalue weighted by Gasteiger charge is 2.08. The number of ether oxygens (including phenoxy) is 1. The molecule has 15 heavy (non-hydrogen) atoms. The van der Waals surface area contributed by atoms with Gasteiger partial charge >= 0.3 is 0 Å². The number of nitrogens with zero attached hydrogens (tertiary/aromatic N) is 1. The Balaban J connectivity index is 2.73. The van der Waals surface area contributed by atoms with Gasteiger partial charge in [0.1, 0.15) is 0 Å². The Bertz CT molecular complexity index is 356. The molecule has 0 aromatic heterocycles. The lowest BCUT2D eigenvalue weighted by molar-refractivity contribution is 0.180. The van der Waals surface area contributed by atoms with Crippen molar-refractivity contribution in [2.75, 3.05) is 13.7 Å². The molecular formula is C12H15NO2. The summed E-state index contributed by atoms with van der Waals surface area (Å²) in [7, 11) is 1.60. The van der Waals surface area contributed by atoms with Gasteiger partial charge in [-0.05, 0) is 24.5 Å². The Hall–Kier alpha value is -1.44. The van der Waals surface area contributed by atoms with Crippen molar-refractivity contribution in [1.82, 2.24) is 0 Å². The lowest BCUT2D eigenvalue weighted by atomic mass is 10.0. The smallest absolute Gasteiger partial charge is 0.235 e. The SMILES string of the molecule is COCC(Cc1ccccc1C)N=C=O. The predicted molar refractivity (Wildman–Crippen MR) is 58.7 cm³/mol. The Morgan fingerprint density at radius 2 is 2.20 bits per heavy atom. The van der Waals surface area contributed by atoms with E-state index in [4.69, 9.17) is 4.74 Å². The first kappa shape index (κ1) is 11.6. The van der Waals surface area contributed by atoms with Crippen LogP contribution in [0.1, 0.15) is 11.1 Å². The molecule has 1 atom stereocenters. The molecule has 3 nitrogen and oxygen atoms in total. The number of methoxy groups -OCH3 is 1. The molecule has 1 unspecified atom stereocenters. The van der Waals surface area contributed by atoms with Gasteiger partial charge in [0.05, 0.1) is 12.6 Å². The molecule has 1 aromatic rings. The Morgan fingerprint density at radius 1 is 1.47 bits per heavy atom. The van der Waals surface area contributed by atoms with Crippen LogP contribution in [0.2, 0.25) is 0 Å². The van der Waals surface area contributed by atoms with Crippen molar-refractivity contribution in [3.63, 3.8) is 0 Å². The molecule has 0 amide bonds. The molecule has 0 aliphatic rings. The average Bonchev–Trinajstić information content (AvgIpc) is 2.22. The largest absolute Gasteiger partial charge is 0.382 e. The van der Waals surface area contributed by atoms with Crippen molar-refractivity contribution in [2.45, 2.75) is 19.4 Å². The van der Waals surface area contributed by atoms with Crippen LogP contribution in [0.25, 0.3) is 0 Å². The van der Waals surface area contributed by atoms with Gasteiger partial charge in [-0.2, -0.15) is 4.99 Å². The molecule has 80 valence electrons.